The second kappa shape index (κ2) is 11.3. The third kappa shape index (κ3) is 7.63. The van der Waals surface area contributed by atoms with Crippen LogP contribution in [0.5, 0.6) is 0 Å². The summed E-state index contributed by atoms with van der Waals surface area (Å²) in [5, 5.41) is 9.60. The minimum absolute atomic E-state index is 0. The van der Waals surface area contributed by atoms with Gasteiger partial charge in [0, 0.05) is 30.1 Å². The summed E-state index contributed by atoms with van der Waals surface area (Å²) in [5.74, 6) is 0.547. The van der Waals surface area contributed by atoms with Crippen molar-refractivity contribution >= 4 is 41.5 Å². The Morgan fingerprint density at radius 1 is 1.20 bits per heavy atom. The van der Waals surface area contributed by atoms with Gasteiger partial charge in [-0.15, -0.1) is 12.4 Å². The maximum absolute atomic E-state index is 12.0. The molecular formula is C18H27Cl2N3O2. The molecule has 25 heavy (non-hydrogen) atoms. The number of carbonyl (C=O) groups is 2. The zero-order valence-electron chi connectivity index (χ0n) is 14.6. The highest BCUT2D eigenvalue weighted by Gasteiger charge is 2.14. The van der Waals surface area contributed by atoms with E-state index in [4.69, 9.17) is 11.6 Å². The lowest BCUT2D eigenvalue weighted by atomic mass is 9.93. The summed E-state index contributed by atoms with van der Waals surface area (Å²) in [6, 6.07) is 5.40. The third-order valence-electron chi connectivity index (χ3n) is 4.45. The molecule has 1 fully saturated rings. The number of anilines is 1. The fourth-order valence-corrected chi connectivity index (χ4v) is 3.04. The molecule has 0 aliphatic carbocycles. The van der Waals surface area contributed by atoms with E-state index in [1.807, 2.05) is 13.0 Å². The molecule has 0 unspecified atom stereocenters. The van der Waals surface area contributed by atoms with Crippen molar-refractivity contribution in [3.05, 3.63) is 28.8 Å². The standard InChI is InChI=1S/C18H26ClN3O2.ClH/c1-13-15(19)3-2-4-16(13)22-18(24)9-12-21-17(23)6-5-14-7-10-20-11-8-14;/h2-4,14,20H,5-12H2,1H3,(H,21,23)(H,22,24);1H. The second-order valence-electron chi connectivity index (χ2n) is 6.29. The van der Waals surface area contributed by atoms with E-state index in [2.05, 4.69) is 16.0 Å². The Hall–Kier alpha value is -1.30. The van der Waals surface area contributed by atoms with Crippen molar-refractivity contribution < 1.29 is 9.59 Å². The molecule has 5 nitrogen and oxygen atoms in total. The van der Waals surface area contributed by atoms with Crippen LogP contribution in [0.1, 0.15) is 37.7 Å². The average molecular weight is 388 g/mol. The van der Waals surface area contributed by atoms with Gasteiger partial charge in [0.25, 0.3) is 0 Å². The number of carbonyl (C=O) groups excluding carboxylic acids is 2. The molecule has 2 amide bonds. The molecule has 0 saturated carbocycles. The molecule has 1 aromatic rings. The largest absolute Gasteiger partial charge is 0.356 e. The van der Waals surface area contributed by atoms with Crippen molar-refractivity contribution in [2.45, 2.75) is 39.0 Å². The van der Waals surface area contributed by atoms with E-state index in [0.717, 1.165) is 37.9 Å². The maximum Gasteiger partial charge on any atom is 0.226 e. The Morgan fingerprint density at radius 2 is 1.92 bits per heavy atom. The van der Waals surface area contributed by atoms with E-state index in [1.54, 1.807) is 12.1 Å². The molecule has 1 aliphatic heterocycles. The first-order valence-corrected chi connectivity index (χ1v) is 8.96. The summed E-state index contributed by atoms with van der Waals surface area (Å²) in [6.45, 7) is 4.32. The van der Waals surface area contributed by atoms with E-state index in [9.17, 15) is 9.59 Å². The number of benzene rings is 1. The van der Waals surface area contributed by atoms with Crippen LogP contribution >= 0.6 is 24.0 Å². The van der Waals surface area contributed by atoms with Gasteiger partial charge in [-0.2, -0.15) is 0 Å². The van der Waals surface area contributed by atoms with Gasteiger partial charge in [0.2, 0.25) is 11.8 Å². The van der Waals surface area contributed by atoms with Gasteiger partial charge in [-0.3, -0.25) is 9.59 Å². The highest BCUT2D eigenvalue weighted by molar-refractivity contribution is 6.31. The summed E-state index contributed by atoms with van der Waals surface area (Å²) < 4.78 is 0. The van der Waals surface area contributed by atoms with E-state index < -0.39 is 0 Å². The molecule has 1 saturated heterocycles. The minimum Gasteiger partial charge on any atom is -0.356 e. The Balaban J connectivity index is 0.00000312. The van der Waals surface area contributed by atoms with Crippen LogP contribution in [0.15, 0.2) is 18.2 Å². The number of halogens is 2. The molecule has 1 aromatic carbocycles. The number of hydrogen-bond acceptors (Lipinski definition) is 3. The average Bonchev–Trinajstić information content (AvgIpc) is 2.58. The predicted octanol–water partition coefficient (Wildman–Crippen LogP) is 3.29. The van der Waals surface area contributed by atoms with Crippen molar-refractivity contribution in [3.63, 3.8) is 0 Å². The molecule has 7 heteroatoms. The number of nitrogens with one attached hydrogen (secondary N) is 3. The van der Waals surface area contributed by atoms with Crippen LogP contribution < -0.4 is 16.0 Å². The quantitative estimate of drug-likeness (QED) is 0.671. The van der Waals surface area contributed by atoms with Crippen molar-refractivity contribution in [1.29, 1.82) is 0 Å². The van der Waals surface area contributed by atoms with Crippen LogP contribution in [0.25, 0.3) is 0 Å². The topological polar surface area (TPSA) is 70.2 Å². The molecule has 0 radical (unpaired) electrons. The fourth-order valence-electron chi connectivity index (χ4n) is 2.87. The first-order valence-electron chi connectivity index (χ1n) is 8.58. The molecule has 0 spiro atoms. The van der Waals surface area contributed by atoms with Crippen LogP contribution in [-0.2, 0) is 9.59 Å². The van der Waals surface area contributed by atoms with Gasteiger partial charge in [0.15, 0.2) is 0 Å². The van der Waals surface area contributed by atoms with Crippen LogP contribution in [0.4, 0.5) is 5.69 Å². The van der Waals surface area contributed by atoms with Crippen LogP contribution in [0.2, 0.25) is 5.02 Å². The second-order valence-corrected chi connectivity index (χ2v) is 6.70. The lowest BCUT2D eigenvalue weighted by Gasteiger charge is -2.22. The lowest BCUT2D eigenvalue weighted by Crippen LogP contribution is -2.30. The monoisotopic (exact) mass is 387 g/mol. The summed E-state index contributed by atoms with van der Waals surface area (Å²) in [5.41, 5.74) is 1.56. The summed E-state index contributed by atoms with van der Waals surface area (Å²) in [4.78, 5) is 23.8. The van der Waals surface area contributed by atoms with Gasteiger partial charge in [0.05, 0.1) is 0 Å². The van der Waals surface area contributed by atoms with E-state index >= 15 is 0 Å². The van der Waals surface area contributed by atoms with Gasteiger partial charge >= 0.3 is 0 Å². The number of piperidine rings is 1. The molecule has 0 aromatic heterocycles. The molecule has 0 bridgehead atoms. The Morgan fingerprint density at radius 3 is 2.64 bits per heavy atom. The highest BCUT2D eigenvalue weighted by atomic mass is 35.5. The third-order valence-corrected chi connectivity index (χ3v) is 4.86. The van der Waals surface area contributed by atoms with Crippen molar-refractivity contribution in [2.75, 3.05) is 25.0 Å². The summed E-state index contributed by atoms with van der Waals surface area (Å²) in [6.07, 6.45) is 4.02. The predicted molar refractivity (Wildman–Crippen MR) is 105 cm³/mol. The van der Waals surface area contributed by atoms with Gasteiger partial charge in [-0.05, 0) is 62.9 Å². The highest BCUT2D eigenvalue weighted by Crippen LogP contribution is 2.23. The molecule has 2 rings (SSSR count). The van der Waals surface area contributed by atoms with Crippen molar-refractivity contribution in [2.24, 2.45) is 5.92 Å². The lowest BCUT2D eigenvalue weighted by molar-refractivity contribution is -0.121. The van der Waals surface area contributed by atoms with Gasteiger partial charge < -0.3 is 16.0 Å². The Kier molecular flexibility index (Phi) is 9.86. The first-order chi connectivity index (χ1) is 11.6. The SMILES string of the molecule is Cc1c(Cl)cccc1NC(=O)CCNC(=O)CCC1CCNCC1.Cl. The fraction of sp³-hybridized carbons (Fsp3) is 0.556. The maximum atomic E-state index is 12.0. The molecule has 140 valence electrons. The molecular weight excluding hydrogens is 361 g/mol. The number of rotatable bonds is 7. The van der Waals surface area contributed by atoms with Crippen LogP contribution in [0, 0.1) is 12.8 Å². The molecule has 0 atom stereocenters. The van der Waals surface area contributed by atoms with E-state index in [1.165, 1.54) is 0 Å². The van der Waals surface area contributed by atoms with Crippen molar-refractivity contribution in [1.82, 2.24) is 10.6 Å². The zero-order chi connectivity index (χ0) is 17.4. The first kappa shape index (κ1) is 21.7. The zero-order valence-corrected chi connectivity index (χ0v) is 16.1. The van der Waals surface area contributed by atoms with Crippen LogP contribution in [0.3, 0.4) is 0 Å². The summed E-state index contributed by atoms with van der Waals surface area (Å²) in [7, 11) is 0. The van der Waals surface area contributed by atoms with Gasteiger partial charge in [-0.25, -0.2) is 0 Å². The van der Waals surface area contributed by atoms with Crippen LogP contribution in [-0.4, -0.2) is 31.4 Å². The molecule has 1 heterocycles. The normalized spacial score (nSPS) is 14.5. The summed E-state index contributed by atoms with van der Waals surface area (Å²) >= 11 is 6.03. The Labute approximate surface area is 160 Å². The van der Waals surface area contributed by atoms with E-state index in [0.29, 0.717) is 29.6 Å². The van der Waals surface area contributed by atoms with Gasteiger partial charge in [0.1, 0.15) is 0 Å². The number of amides is 2. The van der Waals surface area contributed by atoms with E-state index in [-0.39, 0.29) is 30.6 Å². The smallest absolute Gasteiger partial charge is 0.226 e. The number of hydrogen-bond donors (Lipinski definition) is 3. The van der Waals surface area contributed by atoms with Gasteiger partial charge in [-0.1, -0.05) is 17.7 Å². The Bertz CT molecular complexity index is 575. The molecule has 3 N–H and O–H groups in total. The molecule has 1 aliphatic rings. The minimum atomic E-state index is -0.126. The van der Waals surface area contributed by atoms with Crippen molar-refractivity contribution in [3.8, 4) is 0 Å².